The zero-order valence-corrected chi connectivity index (χ0v) is 18.1. The Kier molecular flexibility index (Phi) is 5.73. The highest BCUT2D eigenvalue weighted by Crippen LogP contribution is 2.32. The van der Waals surface area contributed by atoms with Gasteiger partial charge in [-0.25, -0.2) is 8.42 Å². The van der Waals surface area contributed by atoms with Crippen molar-refractivity contribution in [3.63, 3.8) is 0 Å². The number of likely N-dealkylation sites (tertiary alicyclic amines) is 1. The van der Waals surface area contributed by atoms with Gasteiger partial charge in [-0.3, -0.25) is 4.79 Å². The van der Waals surface area contributed by atoms with Gasteiger partial charge in [0.25, 0.3) is 5.91 Å². The van der Waals surface area contributed by atoms with Crippen LogP contribution in [0.5, 0.6) is 0 Å². The summed E-state index contributed by atoms with van der Waals surface area (Å²) in [6.45, 7) is 9.64. The third-order valence-corrected chi connectivity index (χ3v) is 8.48. The molecule has 1 aromatic rings. The number of hydrogen-bond acceptors (Lipinski definition) is 3. The molecule has 7 heteroatoms. The number of amides is 1. The highest BCUT2D eigenvalue weighted by Gasteiger charge is 2.36. The Bertz CT molecular complexity index is 828. The lowest BCUT2D eigenvalue weighted by molar-refractivity contribution is 0.0624. The Morgan fingerprint density at radius 2 is 1.74 bits per heavy atom. The summed E-state index contributed by atoms with van der Waals surface area (Å²) in [6.07, 6.45) is 5.11. The van der Waals surface area contributed by atoms with Crippen LogP contribution in [0.2, 0.25) is 0 Å². The molecule has 0 bridgehead atoms. The summed E-state index contributed by atoms with van der Waals surface area (Å²) in [6, 6.07) is 0.198. The fourth-order valence-corrected chi connectivity index (χ4v) is 6.74. The van der Waals surface area contributed by atoms with Gasteiger partial charge in [0, 0.05) is 44.0 Å². The minimum Gasteiger partial charge on any atom is -0.342 e. The van der Waals surface area contributed by atoms with Crippen molar-refractivity contribution in [2.45, 2.75) is 70.7 Å². The van der Waals surface area contributed by atoms with E-state index in [1.165, 1.54) is 0 Å². The minimum absolute atomic E-state index is 0.0428. The molecule has 2 atom stereocenters. The topological polar surface area (TPSA) is 62.6 Å². The average molecular weight is 396 g/mol. The van der Waals surface area contributed by atoms with Gasteiger partial charge in [0.15, 0.2) is 0 Å². The van der Waals surface area contributed by atoms with E-state index in [2.05, 4.69) is 13.8 Å². The third kappa shape index (κ3) is 3.56. The summed E-state index contributed by atoms with van der Waals surface area (Å²) < 4.78 is 30.2. The maximum atomic E-state index is 13.4. The van der Waals surface area contributed by atoms with E-state index in [1.54, 1.807) is 15.8 Å². The Hall–Kier alpha value is -1.34. The molecule has 0 N–H and O–H groups in total. The Labute approximate surface area is 163 Å². The molecule has 0 radical (unpaired) electrons. The number of nitrogens with zero attached hydrogens (tertiary/aromatic N) is 3. The SMILES string of the molecule is Cc1c(S(=O)(=O)N2CCC[C@@H](C)C2)c(C)n(C)c1C(=O)N1CCCC[C@H]1C. The average Bonchev–Trinajstić information content (AvgIpc) is 2.84. The van der Waals surface area contributed by atoms with Crippen LogP contribution in [0.15, 0.2) is 4.90 Å². The largest absolute Gasteiger partial charge is 0.342 e. The summed E-state index contributed by atoms with van der Waals surface area (Å²) >= 11 is 0. The summed E-state index contributed by atoms with van der Waals surface area (Å²) in [5, 5.41) is 0. The number of sulfonamides is 1. The van der Waals surface area contributed by atoms with Crippen molar-refractivity contribution in [2.24, 2.45) is 13.0 Å². The number of aromatic nitrogens is 1. The van der Waals surface area contributed by atoms with Crippen molar-refractivity contribution in [3.8, 4) is 0 Å². The predicted octanol–water partition coefficient (Wildman–Crippen LogP) is 3.08. The van der Waals surface area contributed by atoms with E-state index >= 15 is 0 Å². The van der Waals surface area contributed by atoms with Gasteiger partial charge in [0.05, 0.1) is 0 Å². The quantitative estimate of drug-likeness (QED) is 0.790. The van der Waals surface area contributed by atoms with Gasteiger partial charge in [-0.1, -0.05) is 6.92 Å². The van der Waals surface area contributed by atoms with Crippen LogP contribution < -0.4 is 0 Å². The minimum atomic E-state index is -3.59. The first kappa shape index (κ1) is 20.4. The second-order valence-corrected chi connectivity index (χ2v) is 10.3. The van der Waals surface area contributed by atoms with Crippen LogP contribution in [0, 0.1) is 19.8 Å². The Morgan fingerprint density at radius 1 is 1.04 bits per heavy atom. The highest BCUT2D eigenvalue weighted by atomic mass is 32.2. The van der Waals surface area contributed by atoms with Crippen molar-refractivity contribution in [3.05, 3.63) is 17.0 Å². The fourth-order valence-electron chi connectivity index (χ4n) is 4.66. The van der Waals surface area contributed by atoms with E-state index in [0.717, 1.165) is 38.6 Å². The van der Waals surface area contributed by atoms with Crippen LogP contribution in [0.4, 0.5) is 0 Å². The van der Waals surface area contributed by atoms with Crippen LogP contribution in [0.25, 0.3) is 0 Å². The molecule has 0 unspecified atom stereocenters. The molecule has 152 valence electrons. The first-order chi connectivity index (χ1) is 12.7. The molecule has 3 heterocycles. The fraction of sp³-hybridized carbons (Fsp3) is 0.750. The van der Waals surface area contributed by atoms with E-state index in [-0.39, 0.29) is 11.9 Å². The van der Waals surface area contributed by atoms with Crippen LogP contribution in [0.3, 0.4) is 0 Å². The van der Waals surface area contributed by atoms with E-state index in [0.29, 0.717) is 40.9 Å². The number of carbonyl (C=O) groups is 1. The molecule has 0 spiro atoms. The zero-order valence-electron chi connectivity index (χ0n) is 17.3. The lowest BCUT2D eigenvalue weighted by Gasteiger charge is -2.33. The summed E-state index contributed by atoms with van der Waals surface area (Å²) in [7, 11) is -1.79. The second kappa shape index (κ2) is 7.59. The Balaban J connectivity index is 2.01. The summed E-state index contributed by atoms with van der Waals surface area (Å²) in [5.74, 6) is 0.326. The molecule has 0 saturated carbocycles. The van der Waals surface area contributed by atoms with Gasteiger partial charge in [-0.2, -0.15) is 4.31 Å². The first-order valence-corrected chi connectivity index (χ1v) is 11.6. The molecule has 6 nitrogen and oxygen atoms in total. The van der Waals surface area contributed by atoms with Crippen LogP contribution >= 0.6 is 0 Å². The van der Waals surface area contributed by atoms with Crippen molar-refractivity contribution in [1.29, 1.82) is 0 Å². The van der Waals surface area contributed by atoms with Crippen molar-refractivity contribution in [2.75, 3.05) is 19.6 Å². The number of carbonyl (C=O) groups excluding carboxylic acids is 1. The molecular weight excluding hydrogens is 362 g/mol. The molecule has 2 aliphatic rings. The van der Waals surface area contributed by atoms with E-state index < -0.39 is 10.0 Å². The smallest absolute Gasteiger partial charge is 0.271 e. The Morgan fingerprint density at radius 3 is 2.37 bits per heavy atom. The molecule has 1 amide bonds. The standard InChI is InChI=1S/C20H33N3O3S/c1-14-9-8-11-22(13-14)27(25,26)19-16(3)18(21(5)17(19)4)20(24)23-12-7-6-10-15(23)2/h14-15H,6-13H2,1-5H3/t14-,15-/m1/s1. The van der Waals surface area contributed by atoms with Gasteiger partial charge >= 0.3 is 0 Å². The van der Waals surface area contributed by atoms with Crippen LogP contribution in [-0.2, 0) is 17.1 Å². The van der Waals surface area contributed by atoms with E-state index in [1.807, 2.05) is 18.9 Å². The summed E-state index contributed by atoms with van der Waals surface area (Å²) in [5.41, 5.74) is 1.76. The molecule has 0 aliphatic carbocycles. The molecule has 27 heavy (non-hydrogen) atoms. The van der Waals surface area contributed by atoms with Gasteiger partial charge < -0.3 is 9.47 Å². The van der Waals surface area contributed by atoms with Gasteiger partial charge in [-0.15, -0.1) is 0 Å². The zero-order chi connectivity index (χ0) is 19.9. The normalized spacial score (nSPS) is 25.0. The van der Waals surface area contributed by atoms with Crippen molar-refractivity contribution < 1.29 is 13.2 Å². The number of piperidine rings is 2. The molecule has 0 aromatic carbocycles. The lowest BCUT2D eigenvalue weighted by Crippen LogP contribution is -2.43. The second-order valence-electron chi connectivity index (χ2n) is 8.40. The van der Waals surface area contributed by atoms with E-state index in [9.17, 15) is 13.2 Å². The van der Waals surface area contributed by atoms with Crippen LogP contribution in [-0.4, -0.2) is 53.8 Å². The lowest BCUT2D eigenvalue weighted by atomic mass is 10.0. The molecular formula is C20H33N3O3S. The summed E-state index contributed by atoms with van der Waals surface area (Å²) in [4.78, 5) is 15.5. The molecule has 1 aromatic heterocycles. The van der Waals surface area contributed by atoms with E-state index in [4.69, 9.17) is 0 Å². The van der Waals surface area contributed by atoms with Gasteiger partial charge in [0.1, 0.15) is 10.6 Å². The molecule has 2 saturated heterocycles. The number of hydrogen-bond donors (Lipinski definition) is 0. The number of rotatable bonds is 3. The predicted molar refractivity (Wildman–Crippen MR) is 106 cm³/mol. The van der Waals surface area contributed by atoms with Crippen molar-refractivity contribution in [1.82, 2.24) is 13.8 Å². The van der Waals surface area contributed by atoms with Crippen LogP contribution in [0.1, 0.15) is 67.7 Å². The van der Waals surface area contributed by atoms with Crippen molar-refractivity contribution >= 4 is 15.9 Å². The maximum Gasteiger partial charge on any atom is 0.271 e. The van der Waals surface area contributed by atoms with Gasteiger partial charge in [0.2, 0.25) is 10.0 Å². The third-order valence-electron chi connectivity index (χ3n) is 6.35. The monoisotopic (exact) mass is 395 g/mol. The molecule has 3 rings (SSSR count). The molecule has 2 fully saturated rings. The van der Waals surface area contributed by atoms with Gasteiger partial charge in [-0.05, 0) is 58.8 Å². The molecule has 2 aliphatic heterocycles. The maximum absolute atomic E-state index is 13.4. The highest BCUT2D eigenvalue weighted by molar-refractivity contribution is 7.89. The first-order valence-electron chi connectivity index (χ1n) is 10.1.